The zero-order chi connectivity index (χ0) is 25.2. The Bertz CT molecular complexity index is 1490. The van der Waals surface area contributed by atoms with E-state index in [1.165, 1.54) is 18.4 Å². The fourth-order valence-corrected chi connectivity index (χ4v) is 5.46. The highest BCUT2D eigenvalue weighted by atomic mass is 35.5. The monoisotopic (exact) mass is 525 g/mol. The summed E-state index contributed by atoms with van der Waals surface area (Å²) in [4.78, 5) is 35.9. The van der Waals surface area contributed by atoms with Gasteiger partial charge in [-0.1, -0.05) is 11.6 Å². The van der Waals surface area contributed by atoms with Crippen LogP contribution in [0.5, 0.6) is 0 Å². The van der Waals surface area contributed by atoms with Crippen LogP contribution in [0.25, 0.3) is 16.8 Å². The van der Waals surface area contributed by atoms with Crippen molar-refractivity contribution in [3.63, 3.8) is 0 Å². The van der Waals surface area contributed by atoms with Gasteiger partial charge in [-0.3, -0.25) is 19.4 Å². The summed E-state index contributed by atoms with van der Waals surface area (Å²) >= 11 is 7.65. The van der Waals surface area contributed by atoms with Gasteiger partial charge in [0.1, 0.15) is 12.2 Å². The molecule has 0 spiro atoms. The van der Waals surface area contributed by atoms with Crippen LogP contribution in [-0.4, -0.2) is 45.5 Å². The lowest BCUT2D eigenvalue weighted by molar-refractivity contribution is 0.0542. The molecule has 5 rings (SSSR count). The van der Waals surface area contributed by atoms with Gasteiger partial charge >= 0.3 is 0 Å². The topological polar surface area (TPSA) is 118 Å². The molecule has 0 fully saturated rings. The SMILES string of the molecule is CN=C(NCc1ccc(C(=O)NOC)s1)[C@@H]1CCc2cc(-c3cc(Cl)ccc3-n3cn[nH]3)cc(=O)n21. The summed E-state index contributed by atoms with van der Waals surface area (Å²) in [5.41, 5.74) is 5.67. The number of nitrogens with one attached hydrogen (secondary N) is 3. The van der Waals surface area contributed by atoms with Crippen LogP contribution in [-0.2, 0) is 17.8 Å². The summed E-state index contributed by atoms with van der Waals surface area (Å²) in [6, 6.07) is 12.7. The lowest BCUT2D eigenvalue weighted by Gasteiger charge is -2.19. The summed E-state index contributed by atoms with van der Waals surface area (Å²) in [5, 5.41) is 10.7. The zero-order valence-electron chi connectivity index (χ0n) is 19.6. The maximum atomic E-state index is 13.3. The lowest BCUT2D eigenvalue weighted by atomic mass is 10.0. The number of aromatic amines is 1. The van der Waals surface area contributed by atoms with Crippen molar-refractivity contribution in [3.8, 4) is 16.8 Å². The standard InChI is InChI=1S/C24H24ClN7O3S/c1-26-23(27-12-17-5-8-21(36-17)24(34)29-35-2)20-7-4-16-9-14(10-22(33)32(16)20)18-11-15(25)3-6-19(18)31-13-28-30-31/h3,5-6,8-11,13,20,30H,4,7,12H2,1-2H3,(H,26,27)(H,29,34)/t20-/m0/s1. The van der Waals surface area contributed by atoms with Crippen molar-refractivity contribution in [3.05, 3.63) is 79.6 Å². The second kappa shape index (κ2) is 10.1. The smallest absolute Gasteiger partial charge is 0.284 e. The Kier molecular flexibility index (Phi) is 6.77. The van der Waals surface area contributed by atoms with E-state index in [0.29, 0.717) is 16.4 Å². The van der Waals surface area contributed by atoms with Crippen LogP contribution < -0.4 is 16.4 Å². The first-order valence-corrected chi connectivity index (χ1v) is 12.4. The molecule has 36 heavy (non-hydrogen) atoms. The molecule has 1 aromatic carbocycles. The third-order valence-corrected chi connectivity index (χ3v) is 7.40. The van der Waals surface area contributed by atoms with Crippen LogP contribution >= 0.6 is 22.9 Å². The number of amides is 1. The first-order valence-electron chi connectivity index (χ1n) is 11.2. The van der Waals surface area contributed by atoms with Crippen LogP contribution in [0.4, 0.5) is 0 Å². The van der Waals surface area contributed by atoms with Crippen molar-refractivity contribution in [2.45, 2.75) is 25.4 Å². The number of carbonyl (C=O) groups is 1. The number of aryl methyl sites for hydroxylation is 1. The minimum Gasteiger partial charge on any atom is -0.367 e. The van der Waals surface area contributed by atoms with E-state index in [-0.39, 0.29) is 17.5 Å². The number of thiophene rings is 1. The molecule has 1 atom stereocenters. The highest BCUT2D eigenvalue weighted by molar-refractivity contribution is 7.14. The zero-order valence-corrected chi connectivity index (χ0v) is 21.2. The summed E-state index contributed by atoms with van der Waals surface area (Å²) in [6.45, 7) is 0.493. The third kappa shape index (κ3) is 4.60. The first-order chi connectivity index (χ1) is 17.5. The van der Waals surface area contributed by atoms with Crippen LogP contribution in [0.3, 0.4) is 0 Å². The molecular weight excluding hydrogens is 502 g/mol. The van der Waals surface area contributed by atoms with E-state index >= 15 is 0 Å². The van der Waals surface area contributed by atoms with E-state index in [1.807, 2.05) is 24.3 Å². The number of amidine groups is 1. The van der Waals surface area contributed by atoms with Gasteiger partial charge in [-0.15, -0.1) is 16.4 Å². The lowest BCUT2D eigenvalue weighted by Crippen LogP contribution is -2.35. The highest BCUT2D eigenvalue weighted by Gasteiger charge is 2.28. The molecule has 10 nitrogen and oxygen atoms in total. The number of hydrogen-bond acceptors (Lipinski definition) is 6. The molecule has 186 valence electrons. The number of hydrogen-bond donors (Lipinski definition) is 3. The molecule has 3 N–H and O–H groups in total. The molecule has 1 amide bonds. The summed E-state index contributed by atoms with van der Waals surface area (Å²) in [5.74, 6) is 0.439. The van der Waals surface area contributed by atoms with Gasteiger partial charge in [0.15, 0.2) is 0 Å². The quantitative estimate of drug-likeness (QED) is 0.194. The Morgan fingerprint density at radius 3 is 2.86 bits per heavy atom. The van der Waals surface area contributed by atoms with Gasteiger partial charge in [0.05, 0.1) is 30.3 Å². The molecule has 0 unspecified atom stereocenters. The number of carbonyl (C=O) groups excluding carboxylic acids is 1. The van der Waals surface area contributed by atoms with E-state index in [4.69, 9.17) is 11.6 Å². The minimum atomic E-state index is -0.287. The van der Waals surface area contributed by atoms with Gasteiger partial charge in [0.2, 0.25) is 0 Å². The number of pyridine rings is 1. The van der Waals surface area contributed by atoms with Crippen molar-refractivity contribution in [2.75, 3.05) is 14.2 Å². The number of fused-ring (bicyclic) bond motifs is 1. The van der Waals surface area contributed by atoms with Crippen molar-refractivity contribution >= 4 is 34.7 Å². The maximum absolute atomic E-state index is 13.3. The third-order valence-electron chi connectivity index (χ3n) is 6.08. The minimum absolute atomic E-state index is 0.0984. The largest absolute Gasteiger partial charge is 0.367 e. The second-order valence-corrected chi connectivity index (χ2v) is 9.84. The number of H-pyrrole nitrogens is 1. The molecular formula is C24H24ClN7O3S. The summed E-state index contributed by atoms with van der Waals surface area (Å²) < 4.78 is 3.58. The molecule has 0 radical (unpaired) electrons. The Hall–Kier alpha value is -3.67. The Balaban J connectivity index is 1.38. The predicted molar refractivity (Wildman–Crippen MR) is 139 cm³/mol. The fourth-order valence-electron chi connectivity index (χ4n) is 4.45. The molecule has 3 aromatic heterocycles. The van der Waals surface area contributed by atoms with Crippen LogP contribution in [0.1, 0.15) is 32.7 Å². The van der Waals surface area contributed by atoms with Gasteiger partial charge in [0, 0.05) is 34.3 Å². The van der Waals surface area contributed by atoms with Crippen LogP contribution in [0, 0.1) is 0 Å². The van der Waals surface area contributed by atoms with Gasteiger partial charge < -0.3 is 9.88 Å². The molecule has 0 aliphatic carbocycles. The molecule has 1 aliphatic rings. The number of hydroxylamine groups is 1. The normalized spacial score (nSPS) is 15.2. The summed E-state index contributed by atoms with van der Waals surface area (Å²) in [6.07, 6.45) is 3.17. The number of aliphatic imine (C=N–C) groups is 1. The van der Waals surface area contributed by atoms with E-state index in [9.17, 15) is 9.59 Å². The van der Waals surface area contributed by atoms with E-state index in [1.54, 1.807) is 40.8 Å². The molecule has 0 saturated carbocycles. The number of benzene rings is 1. The number of aromatic nitrogens is 4. The maximum Gasteiger partial charge on any atom is 0.284 e. The first kappa shape index (κ1) is 24.0. The predicted octanol–water partition coefficient (Wildman–Crippen LogP) is 3.34. The Morgan fingerprint density at radius 1 is 1.31 bits per heavy atom. The number of rotatable bonds is 7. The van der Waals surface area contributed by atoms with Crippen molar-refractivity contribution in [1.29, 1.82) is 0 Å². The van der Waals surface area contributed by atoms with Crippen molar-refractivity contribution in [2.24, 2.45) is 4.99 Å². The molecule has 1 aliphatic heterocycles. The molecule has 12 heteroatoms. The van der Waals surface area contributed by atoms with Crippen molar-refractivity contribution in [1.82, 2.24) is 30.4 Å². The van der Waals surface area contributed by atoms with Crippen LogP contribution in [0.2, 0.25) is 5.02 Å². The average Bonchev–Trinajstić information content (AvgIpc) is 3.48. The fraction of sp³-hybridized carbons (Fsp3) is 0.250. The van der Waals surface area contributed by atoms with Crippen molar-refractivity contribution < 1.29 is 9.63 Å². The Labute approximate surface area is 215 Å². The second-order valence-electron chi connectivity index (χ2n) is 8.24. The van der Waals surface area contributed by atoms with Crippen LogP contribution in [0.15, 0.2) is 58.6 Å². The summed E-state index contributed by atoms with van der Waals surface area (Å²) in [7, 11) is 3.11. The van der Waals surface area contributed by atoms with Gasteiger partial charge in [-0.25, -0.2) is 15.4 Å². The molecule has 0 bridgehead atoms. The van der Waals surface area contributed by atoms with Gasteiger partial charge in [-0.05, 0) is 54.8 Å². The van der Waals surface area contributed by atoms with Gasteiger partial charge in [0.25, 0.3) is 11.5 Å². The van der Waals surface area contributed by atoms with E-state index in [2.05, 4.69) is 30.9 Å². The molecule has 0 saturated heterocycles. The number of nitrogens with zero attached hydrogens (tertiary/aromatic N) is 4. The van der Waals surface area contributed by atoms with Gasteiger partial charge in [-0.2, -0.15) is 0 Å². The Morgan fingerprint density at radius 2 is 2.14 bits per heavy atom. The number of halogens is 1. The average molecular weight is 526 g/mol. The molecule has 4 heterocycles. The van der Waals surface area contributed by atoms with E-state index < -0.39 is 0 Å². The van der Waals surface area contributed by atoms with E-state index in [0.717, 1.165) is 46.1 Å². The molecule has 4 aromatic rings. The highest BCUT2D eigenvalue weighted by Crippen LogP contribution is 2.32.